The van der Waals surface area contributed by atoms with Crippen molar-refractivity contribution in [1.29, 1.82) is 0 Å². The maximum Gasteiger partial charge on any atom is 0.254 e. The smallest absolute Gasteiger partial charge is 0.254 e. The van der Waals surface area contributed by atoms with Gasteiger partial charge in [0.1, 0.15) is 12.7 Å². The molecule has 1 aliphatic rings. The monoisotopic (exact) mass is 319 g/mol. The van der Waals surface area contributed by atoms with Gasteiger partial charge in [0.05, 0.1) is 11.7 Å². The van der Waals surface area contributed by atoms with Crippen molar-refractivity contribution in [3.63, 3.8) is 0 Å². The molecule has 0 aliphatic carbocycles. The molecule has 1 aromatic carbocycles. The Hall–Kier alpha value is -3.02. The minimum Gasteiger partial charge on any atom is -0.330 e. The average molecular weight is 319 g/mol. The molecule has 0 saturated carbocycles. The highest BCUT2D eigenvalue weighted by atomic mass is 16.2. The number of nitrogens with zero attached hydrogens (tertiary/aromatic N) is 5. The summed E-state index contributed by atoms with van der Waals surface area (Å²) in [5.74, 6) is 0.0399. The number of likely N-dealkylation sites (tertiary alicyclic amines) is 1. The van der Waals surface area contributed by atoms with Crippen LogP contribution < -0.4 is 0 Å². The van der Waals surface area contributed by atoms with Crippen LogP contribution >= 0.6 is 0 Å². The van der Waals surface area contributed by atoms with Crippen LogP contribution in [-0.4, -0.2) is 37.1 Å². The van der Waals surface area contributed by atoms with E-state index >= 15 is 0 Å². The van der Waals surface area contributed by atoms with Gasteiger partial charge in [-0.25, -0.2) is 0 Å². The Bertz CT molecular complexity index is 832. The van der Waals surface area contributed by atoms with E-state index in [0.29, 0.717) is 5.56 Å². The van der Waals surface area contributed by atoms with E-state index in [2.05, 4.69) is 15.2 Å². The molecule has 3 heterocycles. The van der Waals surface area contributed by atoms with Crippen molar-refractivity contribution in [3.8, 4) is 5.69 Å². The SMILES string of the molecule is O=C(c1cccc(-n2cnnc2)c1)N1CCC[C@@H]1c1ccccn1. The van der Waals surface area contributed by atoms with Crippen molar-refractivity contribution < 1.29 is 4.79 Å². The molecular formula is C18H17N5O. The molecule has 2 aromatic heterocycles. The zero-order chi connectivity index (χ0) is 16.4. The molecule has 0 bridgehead atoms. The highest BCUT2D eigenvalue weighted by molar-refractivity contribution is 5.95. The number of pyridine rings is 1. The van der Waals surface area contributed by atoms with E-state index in [4.69, 9.17) is 0 Å². The van der Waals surface area contributed by atoms with Crippen LogP contribution in [0.4, 0.5) is 0 Å². The van der Waals surface area contributed by atoms with Crippen LogP contribution in [0.3, 0.4) is 0 Å². The van der Waals surface area contributed by atoms with Crippen molar-refractivity contribution in [1.82, 2.24) is 24.6 Å². The number of aromatic nitrogens is 4. The van der Waals surface area contributed by atoms with Gasteiger partial charge in [-0.05, 0) is 43.2 Å². The maximum atomic E-state index is 13.0. The third-order valence-electron chi connectivity index (χ3n) is 4.35. The van der Waals surface area contributed by atoms with Crippen LogP contribution in [-0.2, 0) is 0 Å². The minimum atomic E-state index is 0.0399. The van der Waals surface area contributed by atoms with E-state index in [1.54, 1.807) is 23.4 Å². The molecule has 0 radical (unpaired) electrons. The van der Waals surface area contributed by atoms with Crippen LogP contribution in [0.2, 0.25) is 0 Å². The van der Waals surface area contributed by atoms with Crippen LogP contribution in [0.15, 0.2) is 61.3 Å². The largest absolute Gasteiger partial charge is 0.330 e. The molecule has 1 fully saturated rings. The Balaban J connectivity index is 1.62. The number of rotatable bonds is 3. The Labute approximate surface area is 139 Å². The van der Waals surface area contributed by atoms with Crippen LogP contribution in [0.25, 0.3) is 5.69 Å². The summed E-state index contributed by atoms with van der Waals surface area (Å²) in [7, 11) is 0. The summed E-state index contributed by atoms with van der Waals surface area (Å²) in [5.41, 5.74) is 2.50. The summed E-state index contributed by atoms with van der Waals surface area (Å²) in [6, 6.07) is 13.4. The number of hydrogen-bond acceptors (Lipinski definition) is 4. The quantitative estimate of drug-likeness (QED) is 0.744. The van der Waals surface area contributed by atoms with E-state index in [-0.39, 0.29) is 11.9 Å². The van der Waals surface area contributed by atoms with Gasteiger partial charge in [0.2, 0.25) is 0 Å². The van der Waals surface area contributed by atoms with E-state index < -0.39 is 0 Å². The number of carbonyl (C=O) groups is 1. The summed E-state index contributed by atoms with van der Waals surface area (Å²) in [4.78, 5) is 19.4. The van der Waals surface area contributed by atoms with Gasteiger partial charge in [-0.3, -0.25) is 14.3 Å². The van der Waals surface area contributed by atoms with Gasteiger partial charge in [-0.15, -0.1) is 10.2 Å². The lowest BCUT2D eigenvalue weighted by Crippen LogP contribution is -2.31. The molecule has 120 valence electrons. The summed E-state index contributed by atoms with van der Waals surface area (Å²) >= 11 is 0. The van der Waals surface area contributed by atoms with Crippen molar-refractivity contribution in [2.75, 3.05) is 6.54 Å². The summed E-state index contributed by atoms with van der Waals surface area (Å²) < 4.78 is 1.79. The number of carbonyl (C=O) groups excluding carboxylic acids is 1. The van der Waals surface area contributed by atoms with Crippen molar-refractivity contribution in [2.24, 2.45) is 0 Å². The summed E-state index contributed by atoms with van der Waals surface area (Å²) in [5, 5.41) is 7.62. The number of amides is 1. The molecule has 1 amide bonds. The zero-order valence-electron chi connectivity index (χ0n) is 13.1. The molecule has 4 rings (SSSR count). The van der Waals surface area contributed by atoms with Gasteiger partial charge in [0.15, 0.2) is 0 Å². The van der Waals surface area contributed by atoms with Crippen molar-refractivity contribution in [2.45, 2.75) is 18.9 Å². The second-order valence-electron chi connectivity index (χ2n) is 5.83. The Morgan fingerprint density at radius 3 is 2.75 bits per heavy atom. The van der Waals surface area contributed by atoms with E-state index in [9.17, 15) is 4.79 Å². The molecule has 6 heteroatoms. The maximum absolute atomic E-state index is 13.0. The molecule has 3 aromatic rings. The van der Waals surface area contributed by atoms with Gasteiger partial charge in [-0.2, -0.15) is 0 Å². The standard InChI is InChI=1S/C18H17N5O/c24-18(14-5-3-6-15(11-14)22-12-20-21-13-22)23-10-4-8-17(23)16-7-1-2-9-19-16/h1-3,5-7,9,11-13,17H,4,8,10H2/t17-/m1/s1. The zero-order valence-corrected chi connectivity index (χ0v) is 13.1. The predicted octanol–water partition coefficient (Wildman–Crippen LogP) is 2.64. The molecule has 1 atom stereocenters. The predicted molar refractivity (Wildman–Crippen MR) is 88.6 cm³/mol. The van der Waals surface area contributed by atoms with Gasteiger partial charge in [0.25, 0.3) is 5.91 Å². The Kier molecular flexibility index (Phi) is 3.78. The average Bonchev–Trinajstić information content (AvgIpc) is 3.34. The highest BCUT2D eigenvalue weighted by Crippen LogP contribution is 2.32. The number of hydrogen-bond donors (Lipinski definition) is 0. The summed E-state index contributed by atoms with van der Waals surface area (Å²) in [6.07, 6.45) is 6.97. The molecule has 6 nitrogen and oxygen atoms in total. The first-order chi connectivity index (χ1) is 11.8. The van der Waals surface area contributed by atoms with Gasteiger partial charge in [0, 0.05) is 24.0 Å². The molecule has 0 unspecified atom stereocenters. The molecule has 1 aliphatic heterocycles. The van der Waals surface area contributed by atoms with Crippen LogP contribution in [0.5, 0.6) is 0 Å². The van der Waals surface area contributed by atoms with E-state index in [1.165, 1.54) is 0 Å². The fraction of sp³-hybridized carbons (Fsp3) is 0.222. The summed E-state index contributed by atoms with van der Waals surface area (Å²) in [6.45, 7) is 0.761. The van der Waals surface area contributed by atoms with Crippen LogP contribution in [0.1, 0.15) is 34.9 Å². The lowest BCUT2D eigenvalue weighted by atomic mass is 10.1. The normalized spacial score (nSPS) is 17.2. The first-order valence-electron chi connectivity index (χ1n) is 8.00. The van der Waals surface area contributed by atoms with Gasteiger partial charge in [-0.1, -0.05) is 12.1 Å². The number of benzene rings is 1. The Morgan fingerprint density at radius 1 is 1.08 bits per heavy atom. The molecule has 0 N–H and O–H groups in total. The third kappa shape index (κ3) is 2.67. The van der Waals surface area contributed by atoms with Crippen LogP contribution in [0, 0.1) is 0 Å². The van der Waals surface area contributed by atoms with E-state index in [0.717, 1.165) is 30.8 Å². The lowest BCUT2D eigenvalue weighted by Gasteiger charge is -2.24. The second kappa shape index (κ2) is 6.23. The molecule has 1 saturated heterocycles. The van der Waals surface area contributed by atoms with Gasteiger partial charge < -0.3 is 4.90 Å². The minimum absolute atomic E-state index is 0.0399. The lowest BCUT2D eigenvalue weighted by molar-refractivity contribution is 0.0733. The second-order valence-corrected chi connectivity index (χ2v) is 5.83. The first kappa shape index (κ1) is 14.6. The fourth-order valence-corrected chi connectivity index (χ4v) is 3.19. The third-order valence-corrected chi connectivity index (χ3v) is 4.35. The fourth-order valence-electron chi connectivity index (χ4n) is 3.19. The highest BCUT2D eigenvalue weighted by Gasteiger charge is 2.31. The first-order valence-corrected chi connectivity index (χ1v) is 8.00. The molecular weight excluding hydrogens is 302 g/mol. The van der Waals surface area contributed by atoms with Crippen molar-refractivity contribution >= 4 is 5.91 Å². The molecule has 0 spiro atoms. The van der Waals surface area contributed by atoms with E-state index in [1.807, 2.05) is 47.4 Å². The Morgan fingerprint density at radius 2 is 1.96 bits per heavy atom. The van der Waals surface area contributed by atoms with Gasteiger partial charge >= 0.3 is 0 Å². The molecule has 24 heavy (non-hydrogen) atoms. The topological polar surface area (TPSA) is 63.9 Å². The van der Waals surface area contributed by atoms with Crippen molar-refractivity contribution in [3.05, 3.63) is 72.6 Å².